The molecule has 13 heteroatoms. The number of rotatable bonds is 9. The van der Waals surface area contributed by atoms with Gasteiger partial charge in [0.15, 0.2) is 17.2 Å². The van der Waals surface area contributed by atoms with Crippen molar-refractivity contribution in [2.45, 2.75) is 32.4 Å². The van der Waals surface area contributed by atoms with Crippen LogP contribution in [0.3, 0.4) is 0 Å². The van der Waals surface area contributed by atoms with Gasteiger partial charge in [-0.25, -0.2) is 4.39 Å². The van der Waals surface area contributed by atoms with Crippen LogP contribution in [0.15, 0.2) is 36.4 Å². The number of nitrogens with two attached hydrogens (primary N) is 2. The molecule has 1 heterocycles. The zero-order chi connectivity index (χ0) is 29.1. The van der Waals surface area contributed by atoms with Gasteiger partial charge < -0.3 is 31.0 Å². The van der Waals surface area contributed by atoms with Crippen LogP contribution in [0.2, 0.25) is 0 Å². The molecule has 0 aliphatic heterocycles. The molecule has 5 N–H and O–H groups in total. The number of amides is 3. The average Bonchev–Trinajstić information content (AvgIpc) is 3.27. The third-order valence-electron chi connectivity index (χ3n) is 5.49. The Morgan fingerprint density at radius 2 is 1.59 bits per heavy atom. The minimum atomic E-state index is -1.35. The maximum atomic E-state index is 14.1. The monoisotopic (exact) mass is 559 g/mol. The van der Waals surface area contributed by atoms with Gasteiger partial charge in [-0.15, -0.1) is 0 Å². The second kappa shape index (κ2) is 11.6. The van der Waals surface area contributed by atoms with E-state index in [-0.39, 0.29) is 44.8 Å². The lowest BCUT2D eigenvalue weighted by molar-refractivity contribution is -0.123. The van der Waals surface area contributed by atoms with Gasteiger partial charge in [-0.1, -0.05) is 0 Å². The number of carbonyl (C=O) groups excluding carboxylic acids is 3. The number of aromatic nitrogens is 1. The third kappa shape index (κ3) is 6.20. The number of nitrogens with zero attached hydrogens (tertiary/aromatic N) is 2. The Hall–Kier alpha value is -4.39. The predicted molar refractivity (Wildman–Crippen MR) is 145 cm³/mol. The molecule has 1 aromatic heterocycles. The Balaban J connectivity index is 2.34. The van der Waals surface area contributed by atoms with E-state index in [0.717, 1.165) is 17.0 Å². The highest BCUT2D eigenvalue weighted by molar-refractivity contribution is 7.09. The van der Waals surface area contributed by atoms with Crippen LogP contribution in [0.4, 0.5) is 15.8 Å². The molecule has 0 bridgehead atoms. The normalized spacial score (nSPS) is 11.9. The largest absolute Gasteiger partial charge is 0.493 e. The summed E-state index contributed by atoms with van der Waals surface area (Å²) in [6.45, 7) is 5.34. The molecule has 1 atom stereocenters. The van der Waals surface area contributed by atoms with Crippen molar-refractivity contribution in [3.8, 4) is 17.2 Å². The molecule has 0 saturated carbocycles. The second-order valence-electron chi connectivity index (χ2n) is 9.39. The molecule has 39 heavy (non-hydrogen) atoms. The minimum absolute atomic E-state index is 0.130. The summed E-state index contributed by atoms with van der Waals surface area (Å²) >= 11 is 0.655. The van der Waals surface area contributed by atoms with E-state index >= 15 is 0 Å². The van der Waals surface area contributed by atoms with Crippen molar-refractivity contribution in [2.24, 2.45) is 5.73 Å². The molecule has 0 saturated heterocycles. The van der Waals surface area contributed by atoms with Gasteiger partial charge in [-0.05, 0) is 74.3 Å². The molecule has 3 amide bonds. The lowest BCUT2D eigenvalue weighted by Crippen LogP contribution is -2.49. The number of hydrogen-bond acceptors (Lipinski definition) is 9. The lowest BCUT2D eigenvalue weighted by atomic mass is 9.99. The van der Waals surface area contributed by atoms with Gasteiger partial charge in [-0.2, -0.15) is 4.37 Å². The van der Waals surface area contributed by atoms with Crippen molar-refractivity contribution in [1.82, 2.24) is 9.69 Å². The molecular formula is C26H30FN5O6S. The maximum Gasteiger partial charge on any atom is 0.273 e. The Morgan fingerprint density at radius 3 is 2.03 bits per heavy atom. The summed E-state index contributed by atoms with van der Waals surface area (Å²) in [5.41, 5.74) is 10.7. The van der Waals surface area contributed by atoms with E-state index in [2.05, 4.69) is 9.69 Å². The number of primary amides is 1. The van der Waals surface area contributed by atoms with E-state index in [1.54, 1.807) is 20.8 Å². The summed E-state index contributed by atoms with van der Waals surface area (Å²) < 4.78 is 34.2. The van der Waals surface area contributed by atoms with Crippen LogP contribution in [0, 0.1) is 5.82 Å². The van der Waals surface area contributed by atoms with Gasteiger partial charge in [0.05, 0.1) is 27.0 Å². The van der Waals surface area contributed by atoms with Crippen LogP contribution in [0.5, 0.6) is 17.2 Å². The summed E-state index contributed by atoms with van der Waals surface area (Å²) in [7, 11) is 4.26. The molecule has 0 unspecified atom stereocenters. The fourth-order valence-electron chi connectivity index (χ4n) is 3.84. The summed E-state index contributed by atoms with van der Waals surface area (Å²) in [6.07, 6.45) is 0. The molecule has 208 valence electrons. The van der Waals surface area contributed by atoms with Crippen molar-refractivity contribution in [3.63, 3.8) is 0 Å². The highest BCUT2D eigenvalue weighted by atomic mass is 32.1. The number of hydrogen-bond donors (Lipinski definition) is 3. The molecule has 0 fully saturated rings. The van der Waals surface area contributed by atoms with Crippen LogP contribution >= 0.6 is 11.5 Å². The molecule has 3 rings (SSSR count). The Labute approximate surface area is 229 Å². The zero-order valence-corrected chi connectivity index (χ0v) is 23.1. The summed E-state index contributed by atoms with van der Waals surface area (Å²) in [5.74, 6) is -2.07. The molecular weight excluding hydrogens is 529 g/mol. The third-order valence-corrected chi connectivity index (χ3v) is 6.34. The van der Waals surface area contributed by atoms with Gasteiger partial charge in [0.1, 0.15) is 16.7 Å². The number of carbonyl (C=O) groups is 3. The fraction of sp³-hybridized carbons (Fsp3) is 0.308. The van der Waals surface area contributed by atoms with E-state index in [4.69, 9.17) is 25.7 Å². The Morgan fingerprint density at radius 1 is 1.03 bits per heavy atom. The molecule has 0 aliphatic carbocycles. The molecule has 2 aromatic carbocycles. The highest BCUT2D eigenvalue weighted by Crippen LogP contribution is 2.42. The summed E-state index contributed by atoms with van der Waals surface area (Å²) in [6, 6.07) is 6.69. The van der Waals surface area contributed by atoms with Crippen molar-refractivity contribution in [3.05, 3.63) is 58.3 Å². The first-order valence-electron chi connectivity index (χ1n) is 11.6. The van der Waals surface area contributed by atoms with E-state index in [1.807, 2.05) is 0 Å². The van der Waals surface area contributed by atoms with Crippen LogP contribution < -0.4 is 35.9 Å². The maximum absolute atomic E-state index is 14.1. The molecule has 11 nitrogen and oxygen atoms in total. The number of nitrogen functional groups attached to an aromatic ring is 1. The lowest BCUT2D eigenvalue weighted by Gasteiger charge is -2.34. The van der Waals surface area contributed by atoms with Gasteiger partial charge >= 0.3 is 0 Å². The van der Waals surface area contributed by atoms with Crippen molar-refractivity contribution < 1.29 is 33.0 Å². The second-order valence-corrected chi connectivity index (χ2v) is 10.2. The minimum Gasteiger partial charge on any atom is -0.493 e. The van der Waals surface area contributed by atoms with Gasteiger partial charge in [0.25, 0.3) is 11.8 Å². The van der Waals surface area contributed by atoms with Crippen LogP contribution in [-0.4, -0.2) is 49.0 Å². The first kappa shape index (κ1) is 29.2. The number of benzene rings is 2. The van der Waals surface area contributed by atoms with E-state index in [1.165, 1.54) is 45.6 Å². The molecule has 3 aromatic rings. The smallest absolute Gasteiger partial charge is 0.273 e. The molecule has 0 radical (unpaired) electrons. The number of nitrogens with one attached hydrogen (secondary N) is 1. The first-order valence-corrected chi connectivity index (χ1v) is 12.4. The molecule has 0 spiro atoms. The van der Waals surface area contributed by atoms with Crippen LogP contribution in [0.1, 0.15) is 52.5 Å². The van der Waals surface area contributed by atoms with Crippen molar-refractivity contribution in [2.75, 3.05) is 32.0 Å². The van der Waals surface area contributed by atoms with Gasteiger partial charge in [-0.3, -0.25) is 19.3 Å². The highest BCUT2D eigenvalue weighted by Gasteiger charge is 2.38. The van der Waals surface area contributed by atoms with Crippen molar-refractivity contribution in [1.29, 1.82) is 0 Å². The fourth-order valence-corrected chi connectivity index (χ4v) is 4.58. The zero-order valence-electron chi connectivity index (χ0n) is 22.3. The van der Waals surface area contributed by atoms with Crippen LogP contribution in [-0.2, 0) is 4.79 Å². The molecule has 0 aliphatic rings. The van der Waals surface area contributed by atoms with E-state index in [0.29, 0.717) is 11.5 Å². The first-order chi connectivity index (χ1) is 18.3. The van der Waals surface area contributed by atoms with E-state index < -0.39 is 35.1 Å². The Kier molecular flexibility index (Phi) is 8.64. The average molecular weight is 560 g/mol. The quantitative estimate of drug-likeness (QED) is 0.360. The topological polar surface area (TPSA) is 159 Å². The number of methoxy groups -OCH3 is 3. The van der Waals surface area contributed by atoms with Crippen LogP contribution in [0.25, 0.3) is 0 Å². The Bertz CT molecular complexity index is 1360. The SMILES string of the molecule is COc1cc([C@H](C(=O)NC(C)(C)C)N(C(=O)c2snc(C(N)=O)c2N)c2ccc(F)cc2)cc(OC)c1OC. The number of ether oxygens (including phenoxy) is 3. The van der Waals surface area contributed by atoms with E-state index in [9.17, 15) is 18.8 Å². The van der Waals surface area contributed by atoms with Gasteiger partial charge in [0, 0.05) is 11.2 Å². The predicted octanol–water partition coefficient (Wildman–Crippen LogP) is 3.29. The summed E-state index contributed by atoms with van der Waals surface area (Å²) in [5, 5.41) is 2.89. The summed E-state index contributed by atoms with van der Waals surface area (Å²) in [4.78, 5) is 40.8. The van der Waals surface area contributed by atoms with Crippen molar-refractivity contribution >= 4 is 40.6 Å². The van der Waals surface area contributed by atoms with Gasteiger partial charge in [0.2, 0.25) is 11.7 Å². The standard InChI is InChI=1S/C26H30FN5O6S/c1-26(2,3)30-24(34)20(13-11-16(36-4)21(38-6)17(12-13)37-5)32(15-9-7-14(27)8-10-15)25(35)22-18(28)19(23(29)33)31-39-22/h7-12,20H,28H2,1-6H3,(H2,29,33)(H,30,34)/t20-/m1/s1. The number of anilines is 2. The number of halogens is 1.